The zero-order valence-corrected chi connectivity index (χ0v) is 11.0. The maximum Gasteiger partial charge on any atom is 0.228 e. The molecule has 1 fully saturated rings. The van der Waals surface area contributed by atoms with Gasteiger partial charge in [-0.05, 0) is 12.1 Å². The maximum atomic E-state index is 11.8. The zero-order valence-electron chi connectivity index (χ0n) is 9.44. The summed E-state index contributed by atoms with van der Waals surface area (Å²) in [5.41, 5.74) is 1.43. The van der Waals surface area contributed by atoms with Gasteiger partial charge in [0.2, 0.25) is 11.8 Å². The summed E-state index contributed by atoms with van der Waals surface area (Å²) in [7, 11) is 0. The minimum atomic E-state index is -0.139. The van der Waals surface area contributed by atoms with E-state index in [4.69, 9.17) is 0 Å². The molecule has 0 bridgehead atoms. The van der Waals surface area contributed by atoms with Gasteiger partial charge in [-0.1, -0.05) is 28.1 Å². The first kappa shape index (κ1) is 12.1. The predicted octanol–water partition coefficient (Wildman–Crippen LogP) is 2.15. The predicted molar refractivity (Wildman–Crippen MR) is 70.4 cm³/mol. The van der Waals surface area contributed by atoms with Crippen molar-refractivity contribution in [3.8, 4) is 0 Å². The third-order valence-corrected chi connectivity index (χ3v) is 3.20. The number of nitrogens with one attached hydrogen (secondary N) is 1. The monoisotopic (exact) mass is 296 g/mol. The lowest BCUT2D eigenvalue weighted by Crippen LogP contribution is -2.26. The lowest BCUT2D eigenvalue weighted by molar-refractivity contribution is -0.117. The van der Waals surface area contributed by atoms with Gasteiger partial charge in [0.25, 0.3) is 0 Å². The molecule has 1 heterocycles. The Hall–Kier alpha value is -1.36. The maximum absolute atomic E-state index is 11.8. The van der Waals surface area contributed by atoms with Gasteiger partial charge in [0.05, 0.1) is 11.4 Å². The van der Waals surface area contributed by atoms with Crippen LogP contribution in [0.1, 0.15) is 13.3 Å². The van der Waals surface area contributed by atoms with Crippen LogP contribution in [-0.2, 0) is 9.59 Å². The number of amides is 2. The van der Waals surface area contributed by atoms with Crippen LogP contribution in [0.3, 0.4) is 0 Å². The Morgan fingerprint density at radius 1 is 1.47 bits per heavy atom. The molecule has 1 atom stereocenters. The Morgan fingerprint density at radius 2 is 2.18 bits per heavy atom. The highest BCUT2D eigenvalue weighted by atomic mass is 79.9. The lowest BCUT2D eigenvalue weighted by atomic mass is 10.2. The Balaban J connectivity index is 2.31. The molecule has 1 N–H and O–H groups in total. The van der Waals surface area contributed by atoms with Crippen molar-refractivity contribution in [2.45, 2.75) is 18.2 Å². The van der Waals surface area contributed by atoms with Crippen molar-refractivity contribution in [1.82, 2.24) is 0 Å². The summed E-state index contributed by atoms with van der Waals surface area (Å²) in [5.74, 6) is -0.0656. The molecule has 1 aromatic rings. The van der Waals surface area contributed by atoms with Crippen LogP contribution < -0.4 is 10.2 Å². The van der Waals surface area contributed by atoms with Gasteiger partial charge in [0.1, 0.15) is 0 Å². The molecule has 1 unspecified atom stereocenters. The van der Waals surface area contributed by atoms with Crippen molar-refractivity contribution in [1.29, 1.82) is 0 Å². The van der Waals surface area contributed by atoms with E-state index in [1.165, 1.54) is 6.92 Å². The summed E-state index contributed by atoms with van der Waals surface area (Å²) in [6, 6.07) is 7.33. The number of hydrogen-bond acceptors (Lipinski definition) is 2. The molecule has 90 valence electrons. The van der Waals surface area contributed by atoms with E-state index in [-0.39, 0.29) is 16.6 Å². The number of benzene rings is 1. The highest BCUT2D eigenvalue weighted by Crippen LogP contribution is 2.31. The quantitative estimate of drug-likeness (QED) is 0.850. The fourth-order valence-electron chi connectivity index (χ4n) is 1.90. The second-order valence-electron chi connectivity index (χ2n) is 4.00. The van der Waals surface area contributed by atoms with Gasteiger partial charge in [-0.2, -0.15) is 0 Å². The van der Waals surface area contributed by atoms with Crippen molar-refractivity contribution in [3.63, 3.8) is 0 Å². The number of carbonyl (C=O) groups is 2. The van der Waals surface area contributed by atoms with E-state index in [1.807, 2.05) is 18.2 Å². The highest BCUT2D eigenvalue weighted by Gasteiger charge is 2.30. The largest absolute Gasteiger partial charge is 0.325 e. The molecule has 1 aromatic carbocycles. The summed E-state index contributed by atoms with van der Waals surface area (Å²) >= 11 is 3.44. The third kappa shape index (κ3) is 2.66. The van der Waals surface area contributed by atoms with Gasteiger partial charge in [0.15, 0.2) is 0 Å². The first-order valence-corrected chi connectivity index (χ1v) is 6.30. The van der Waals surface area contributed by atoms with E-state index in [2.05, 4.69) is 21.2 Å². The van der Waals surface area contributed by atoms with Crippen molar-refractivity contribution < 1.29 is 9.59 Å². The summed E-state index contributed by atoms with van der Waals surface area (Å²) in [6.45, 7) is 2.09. The first-order valence-electron chi connectivity index (χ1n) is 5.39. The van der Waals surface area contributed by atoms with Crippen LogP contribution in [0.5, 0.6) is 0 Å². The second kappa shape index (κ2) is 4.87. The van der Waals surface area contributed by atoms with Crippen molar-refractivity contribution in [2.24, 2.45) is 0 Å². The SMILES string of the molecule is CC(=O)Nc1ccccc1N1CC(Br)CC1=O. The second-order valence-corrected chi connectivity index (χ2v) is 5.30. The molecule has 1 saturated heterocycles. The van der Waals surface area contributed by atoms with Crippen LogP contribution in [0.4, 0.5) is 11.4 Å². The fraction of sp³-hybridized carbons (Fsp3) is 0.333. The molecular formula is C12H13BrN2O2. The summed E-state index contributed by atoms with van der Waals surface area (Å²) < 4.78 is 0. The number of carbonyl (C=O) groups excluding carboxylic acids is 2. The summed E-state index contributed by atoms with van der Waals surface area (Å²) in [5, 5.41) is 2.74. The lowest BCUT2D eigenvalue weighted by Gasteiger charge is -2.19. The van der Waals surface area contributed by atoms with E-state index in [0.717, 1.165) is 5.69 Å². The standard InChI is InChI=1S/C12H13BrN2O2/c1-8(16)14-10-4-2-3-5-11(10)15-7-9(13)6-12(15)17/h2-5,9H,6-7H2,1H3,(H,14,16). The molecule has 4 nitrogen and oxygen atoms in total. The number of halogens is 1. The van der Waals surface area contributed by atoms with Crippen LogP contribution >= 0.6 is 15.9 Å². The van der Waals surface area contributed by atoms with E-state index in [0.29, 0.717) is 18.7 Å². The Morgan fingerprint density at radius 3 is 2.76 bits per heavy atom. The molecule has 0 aromatic heterocycles. The summed E-state index contributed by atoms with van der Waals surface area (Å²) in [6.07, 6.45) is 0.494. The molecular weight excluding hydrogens is 284 g/mol. The van der Waals surface area contributed by atoms with Crippen molar-refractivity contribution in [3.05, 3.63) is 24.3 Å². The molecule has 2 rings (SSSR count). The van der Waals surface area contributed by atoms with E-state index < -0.39 is 0 Å². The number of hydrogen-bond donors (Lipinski definition) is 1. The van der Waals surface area contributed by atoms with Crippen LogP contribution in [-0.4, -0.2) is 23.2 Å². The highest BCUT2D eigenvalue weighted by molar-refractivity contribution is 9.09. The van der Waals surface area contributed by atoms with Gasteiger partial charge < -0.3 is 10.2 Å². The van der Waals surface area contributed by atoms with Crippen molar-refractivity contribution in [2.75, 3.05) is 16.8 Å². The van der Waals surface area contributed by atoms with Crippen LogP contribution in [0, 0.1) is 0 Å². The van der Waals surface area contributed by atoms with E-state index >= 15 is 0 Å². The normalized spacial score (nSPS) is 19.5. The molecule has 0 radical (unpaired) electrons. The molecule has 1 aliphatic rings. The minimum Gasteiger partial charge on any atom is -0.325 e. The van der Waals surface area contributed by atoms with Crippen LogP contribution in [0.25, 0.3) is 0 Å². The van der Waals surface area contributed by atoms with Gasteiger partial charge in [-0.15, -0.1) is 0 Å². The average Bonchev–Trinajstić information content (AvgIpc) is 2.58. The minimum absolute atomic E-state index is 0.0738. The number of para-hydroxylation sites is 2. The van der Waals surface area contributed by atoms with Crippen molar-refractivity contribution >= 4 is 39.1 Å². The molecule has 17 heavy (non-hydrogen) atoms. The van der Waals surface area contributed by atoms with Gasteiger partial charge in [-0.25, -0.2) is 0 Å². The summed E-state index contributed by atoms with van der Waals surface area (Å²) in [4.78, 5) is 24.8. The van der Waals surface area contributed by atoms with Gasteiger partial charge in [0, 0.05) is 24.7 Å². The average molecular weight is 297 g/mol. The van der Waals surface area contributed by atoms with E-state index in [9.17, 15) is 9.59 Å². The molecule has 0 saturated carbocycles. The fourth-order valence-corrected chi connectivity index (χ4v) is 2.47. The number of nitrogens with zero attached hydrogens (tertiary/aromatic N) is 1. The number of anilines is 2. The molecule has 0 aliphatic carbocycles. The zero-order chi connectivity index (χ0) is 12.4. The Labute approximate surface area is 108 Å². The first-order chi connectivity index (χ1) is 8.08. The van der Waals surface area contributed by atoms with Crippen LogP contribution in [0.2, 0.25) is 0 Å². The number of alkyl halides is 1. The smallest absolute Gasteiger partial charge is 0.228 e. The van der Waals surface area contributed by atoms with Gasteiger partial charge in [-0.3, -0.25) is 9.59 Å². The van der Waals surface area contributed by atoms with E-state index in [1.54, 1.807) is 11.0 Å². The number of rotatable bonds is 2. The van der Waals surface area contributed by atoms with Gasteiger partial charge >= 0.3 is 0 Å². The Bertz CT molecular complexity index is 462. The Kier molecular flexibility index (Phi) is 3.47. The third-order valence-electron chi connectivity index (χ3n) is 2.58. The molecule has 0 spiro atoms. The molecule has 5 heteroatoms. The molecule has 2 amide bonds. The molecule has 1 aliphatic heterocycles. The van der Waals surface area contributed by atoms with Crippen LogP contribution in [0.15, 0.2) is 24.3 Å². The topological polar surface area (TPSA) is 49.4 Å².